The zero-order valence-corrected chi connectivity index (χ0v) is 15.9. The van der Waals surface area contributed by atoms with Crippen LogP contribution in [0, 0.1) is 5.82 Å². The van der Waals surface area contributed by atoms with Crippen molar-refractivity contribution in [3.63, 3.8) is 0 Å². The Labute approximate surface area is 154 Å². The van der Waals surface area contributed by atoms with E-state index in [9.17, 15) is 14.0 Å². The number of nitrogens with zero attached hydrogens (tertiary/aromatic N) is 2. The third-order valence-electron chi connectivity index (χ3n) is 4.80. The van der Waals surface area contributed by atoms with Gasteiger partial charge < -0.3 is 15.0 Å². The molecule has 1 saturated heterocycles. The van der Waals surface area contributed by atoms with Crippen LogP contribution < -0.4 is 10.1 Å². The first-order valence-electron chi connectivity index (χ1n) is 9.01. The highest BCUT2D eigenvalue weighted by Crippen LogP contribution is 2.25. The van der Waals surface area contributed by atoms with Gasteiger partial charge in [-0.15, -0.1) is 0 Å². The number of carbonyl (C=O) groups is 2. The molecule has 1 aliphatic rings. The molecule has 0 radical (unpaired) electrons. The Morgan fingerprint density at radius 2 is 2.04 bits per heavy atom. The minimum Gasteiger partial charge on any atom is -0.497 e. The minimum absolute atomic E-state index is 0.0248. The second-order valence-corrected chi connectivity index (χ2v) is 6.55. The molecule has 0 aromatic heterocycles. The second kappa shape index (κ2) is 8.98. The largest absolute Gasteiger partial charge is 0.497 e. The molecule has 26 heavy (non-hydrogen) atoms. The van der Waals surface area contributed by atoms with Crippen LogP contribution >= 0.6 is 0 Å². The van der Waals surface area contributed by atoms with Gasteiger partial charge in [-0.3, -0.25) is 14.5 Å². The average Bonchev–Trinajstić information content (AvgIpc) is 2.99. The van der Waals surface area contributed by atoms with Crippen LogP contribution in [0.1, 0.15) is 32.8 Å². The van der Waals surface area contributed by atoms with E-state index in [4.69, 9.17) is 4.74 Å². The number of hydrogen-bond acceptors (Lipinski definition) is 4. The Kier molecular flexibility index (Phi) is 6.97. The van der Waals surface area contributed by atoms with Gasteiger partial charge in [0.25, 0.3) is 0 Å². The number of methoxy groups -OCH3 is 1. The Bertz CT molecular complexity index is 649. The number of rotatable bonds is 7. The van der Waals surface area contributed by atoms with Gasteiger partial charge in [0.15, 0.2) is 0 Å². The fraction of sp³-hybridized carbons (Fsp3) is 0.579. The molecule has 0 bridgehead atoms. The highest BCUT2D eigenvalue weighted by molar-refractivity contribution is 5.82. The monoisotopic (exact) mass is 365 g/mol. The standard InChI is InChI=1S/C19H28FN3O3/c1-5-22(6-2)19(25)18-9-15(21-13(3)24)12-23(18)11-14-7-8-16(26-4)10-17(14)20/h7-8,10,15,18H,5-6,9,11-12H2,1-4H3,(H,21,24)/t15-,18+/m1/s1. The summed E-state index contributed by atoms with van der Waals surface area (Å²) in [5.74, 6) is -0.000726. The molecule has 1 aromatic carbocycles. The fourth-order valence-corrected chi connectivity index (χ4v) is 3.48. The number of likely N-dealkylation sites (tertiary alicyclic amines) is 1. The molecule has 6 nitrogen and oxygen atoms in total. The Morgan fingerprint density at radius 1 is 1.35 bits per heavy atom. The summed E-state index contributed by atoms with van der Waals surface area (Å²) in [6, 6.07) is 4.25. The van der Waals surface area contributed by atoms with Gasteiger partial charge in [0.1, 0.15) is 11.6 Å². The van der Waals surface area contributed by atoms with Crippen molar-refractivity contribution in [1.29, 1.82) is 0 Å². The van der Waals surface area contributed by atoms with Gasteiger partial charge >= 0.3 is 0 Å². The summed E-state index contributed by atoms with van der Waals surface area (Å²) in [4.78, 5) is 28.0. The third kappa shape index (κ3) is 4.72. The van der Waals surface area contributed by atoms with E-state index in [0.29, 0.717) is 43.9 Å². The van der Waals surface area contributed by atoms with Crippen molar-refractivity contribution in [2.45, 2.75) is 45.8 Å². The van der Waals surface area contributed by atoms with E-state index in [2.05, 4.69) is 5.32 Å². The maximum absolute atomic E-state index is 14.3. The van der Waals surface area contributed by atoms with Gasteiger partial charge in [-0.1, -0.05) is 6.07 Å². The summed E-state index contributed by atoms with van der Waals surface area (Å²) in [6.07, 6.45) is 0.534. The maximum atomic E-state index is 14.3. The lowest BCUT2D eigenvalue weighted by Crippen LogP contribution is -2.45. The van der Waals surface area contributed by atoms with E-state index in [1.165, 1.54) is 20.1 Å². The van der Waals surface area contributed by atoms with Gasteiger partial charge in [0.05, 0.1) is 13.2 Å². The van der Waals surface area contributed by atoms with E-state index in [0.717, 1.165) is 0 Å². The molecule has 2 rings (SSSR count). The van der Waals surface area contributed by atoms with Crippen molar-refractivity contribution < 1.29 is 18.7 Å². The van der Waals surface area contributed by atoms with Gasteiger partial charge in [-0.25, -0.2) is 4.39 Å². The third-order valence-corrected chi connectivity index (χ3v) is 4.80. The lowest BCUT2D eigenvalue weighted by atomic mass is 10.1. The molecular formula is C19H28FN3O3. The van der Waals surface area contributed by atoms with Crippen LogP contribution in [0.2, 0.25) is 0 Å². The smallest absolute Gasteiger partial charge is 0.240 e. The Morgan fingerprint density at radius 3 is 2.58 bits per heavy atom. The van der Waals surface area contributed by atoms with Crippen LogP contribution in [0.15, 0.2) is 18.2 Å². The van der Waals surface area contributed by atoms with Crippen molar-refractivity contribution >= 4 is 11.8 Å². The van der Waals surface area contributed by atoms with Crippen molar-refractivity contribution in [3.05, 3.63) is 29.6 Å². The summed E-state index contributed by atoms with van der Waals surface area (Å²) in [7, 11) is 1.49. The topological polar surface area (TPSA) is 61.9 Å². The highest BCUT2D eigenvalue weighted by atomic mass is 19.1. The van der Waals surface area contributed by atoms with Crippen molar-refractivity contribution in [2.24, 2.45) is 0 Å². The van der Waals surface area contributed by atoms with E-state index in [-0.39, 0.29) is 29.7 Å². The van der Waals surface area contributed by atoms with Crippen LogP contribution in [-0.2, 0) is 16.1 Å². The second-order valence-electron chi connectivity index (χ2n) is 6.55. The minimum atomic E-state index is -0.367. The van der Waals surface area contributed by atoms with Crippen LogP contribution in [0.5, 0.6) is 5.75 Å². The van der Waals surface area contributed by atoms with Crippen LogP contribution in [0.3, 0.4) is 0 Å². The number of halogens is 1. The first kappa shape index (κ1) is 20.2. The molecule has 0 spiro atoms. The number of benzene rings is 1. The van der Waals surface area contributed by atoms with Gasteiger partial charge in [-0.2, -0.15) is 0 Å². The van der Waals surface area contributed by atoms with Crippen molar-refractivity contribution in [1.82, 2.24) is 15.1 Å². The summed E-state index contributed by atoms with van der Waals surface area (Å²) >= 11 is 0. The number of hydrogen-bond donors (Lipinski definition) is 1. The molecule has 0 unspecified atom stereocenters. The molecule has 1 aliphatic heterocycles. The predicted octanol–water partition coefficient (Wildman–Crippen LogP) is 1.78. The van der Waals surface area contributed by atoms with E-state index in [1.807, 2.05) is 18.7 Å². The van der Waals surface area contributed by atoms with Crippen LogP contribution in [-0.4, -0.2) is 60.4 Å². The van der Waals surface area contributed by atoms with Gasteiger partial charge in [0.2, 0.25) is 11.8 Å². The number of likely N-dealkylation sites (N-methyl/N-ethyl adjacent to an activating group) is 1. The van der Waals surface area contributed by atoms with Gasteiger partial charge in [-0.05, 0) is 26.3 Å². The molecule has 0 aliphatic carbocycles. The number of carbonyl (C=O) groups excluding carboxylic acids is 2. The molecule has 2 amide bonds. The van der Waals surface area contributed by atoms with Crippen LogP contribution in [0.4, 0.5) is 4.39 Å². The van der Waals surface area contributed by atoms with E-state index >= 15 is 0 Å². The normalized spacial score (nSPS) is 20.0. The molecule has 144 valence electrons. The lowest BCUT2D eigenvalue weighted by molar-refractivity contribution is -0.135. The van der Waals surface area contributed by atoms with E-state index < -0.39 is 0 Å². The fourth-order valence-electron chi connectivity index (χ4n) is 3.48. The van der Waals surface area contributed by atoms with Crippen LogP contribution in [0.25, 0.3) is 0 Å². The molecule has 1 N–H and O–H groups in total. The highest BCUT2D eigenvalue weighted by Gasteiger charge is 2.38. The zero-order valence-electron chi connectivity index (χ0n) is 15.9. The first-order chi connectivity index (χ1) is 12.4. The molecule has 1 aromatic rings. The summed E-state index contributed by atoms with van der Waals surface area (Å²) in [5.41, 5.74) is 0.506. The zero-order chi connectivity index (χ0) is 19.3. The molecule has 1 fully saturated rings. The molecular weight excluding hydrogens is 337 g/mol. The summed E-state index contributed by atoms with van der Waals surface area (Å²) < 4.78 is 19.4. The lowest BCUT2D eigenvalue weighted by Gasteiger charge is -2.28. The Hall–Kier alpha value is -2.15. The van der Waals surface area contributed by atoms with Crippen molar-refractivity contribution in [3.8, 4) is 5.75 Å². The van der Waals surface area contributed by atoms with E-state index in [1.54, 1.807) is 17.0 Å². The molecule has 2 atom stereocenters. The maximum Gasteiger partial charge on any atom is 0.240 e. The molecule has 1 heterocycles. The molecule has 7 heteroatoms. The quantitative estimate of drug-likeness (QED) is 0.800. The summed E-state index contributed by atoms with van der Waals surface area (Å²) in [6.45, 7) is 7.42. The first-order valence-corrected chi connectivity index (χ1v) is 9.01. The predicted molar refractivity (Wildman–Crippen MR) is 97.3 cm³/mol. The number of amides is 2. The average molecular weight is 365 g/mol. The van der Waals surface area contributed by atoms with Gasteiger partial charge in [0, 0.05) is 50.8 Å². The number of ether oxygens (including phenoxy) is 1. The Balaban J connectivity index is 2.20. The number of nitrogens with one attached hydrogen (secondary N) is 1. The molecule has 0 saturated carbocycles. The summed E-state index contributed by atoms with van der Waals surface area (Å²) in [5, 5.41) is 2.89. The van der Waals surface area contributed by atoms with Crippen molar-refractivity contribution in [2.75, 3.05) is 26.7 Å². The SMILES string of the molecule is CCN(CC)C(=O)[C@@H]1C[C@@H](NC(C)=O)CN1Cc1ccc(OC)cc1F.